The van der Waals surface area contributed by atoms with Crippen LogP contribution in [0.3, 0.4) is 0 Å². The molecular weight excluding hydrogens is 476 g/mol. The SMILES string of the molecule is CCOC(=O)c1c(NC(=O)C2CCN(Cc3ccc(Br)cc3)CC2)sc2c1CCCC2. The number of fused-ring (bicyclic) bond motifs is 1. The normalized spacial score (nSPS) is 17.2. The molecule has 1 fully saturated rings. The van der Waals surface area contributed by atoms with E-state index in [1.54, 1.807) is 11.3 Å². The Labute approximate surface area is 196 Å². The third-order valence-corrected chi connectivity index (χ3v) is 7.90. The van der Waals surface area contributed by atoms with Gasteiger partial charge in [-0.25, -0.2) is 4.79 Å². The molecule has 1 N–H and O–H groups in total. The van der Waals surface area contributed by atoms with Gasteiger partial charge in [-0.1, -0.05) is 28.1 Å². The number of ether oxygens (including phenoxy) is 1. The average molecular weight is 505 g/mol. The zero-order valence-electron chi connectivity index (χ0n) is 17.9. The summed E-state index contributed by atoms with van der Waals surface area (Å²) in [4.78, 5) is 29.3. The molecule has 1 aliphatic heterocycles. The van der Waals surface area contributed by atoms with Crippen LogP contribution in [0.2, 0.25) is 0 Å². The minimum absolute atomic E-state index is 0.0182. The number of aryl methyl sites for hydroxylation is 1. The second-order valence-electron chi connectivity index (χ2n) is 8.30. The van der Waals surface area contributed by atoms with Crippen LogP contribution >= 0.6 is 27.3 Å². The van der Waals surface area contributed by atoms with Crippen LogP contribution in [-0.4, -0.2) is 36.5 Å². The lowest BCUT2D eigenvalue weighted by Crippen LogP contribution is -2.37. The maximum Gasteiger partial charge on any atom is 0.341 e. The molecule has 0 radical (unpaired) electrons. The Balaban J connectivity index is 1.38. The summed E-state index contributed by atoms with van der Waals surface area (Å²) < 4.78 is 6.39. The molecule has 5 nitrogen and oxygen atoms in total. The highest BCUT2D eigenvalue weighted by Crippen LogP contribution is 2.39. The van der Waals surface area contributed by atoms with Crippen molar-refractivity contribution in [3.8, 4) is 0 Å². The molecule has 0 atom stereocenters. The van der Waals surface area contributed by atoms with E-state index in [2.05, 4.69) is 50.4 Å². The Morgan fingerprint density at radius 3 is 2.58 bits per heavy atom. The summed E-state index contributed by atoms with van der Waals surface area (Å²) in [7, 11) is 0. The fraction of sp³-hybridized carbons (Fsp3) is 0.500. The van der Waals surface area contributed by atoms with E-state index in [1.165, 1.54) is 10.4 Å². The number of nitrogens with zero attached hydrogens (tertiary/aromatic N) is 1. The zero-order chi connectivity index (χ0) is 21.8. The van der Waals surface area contributed by atoms with Crippen molar-refractivity contribution in [2.45, 2.75) is 52.0 Å². The number of benzene rings is 1. The first-order chi connectivity index (χ1) is 15.0. The van der Waals surface area contributed by atoms with Crippen LogP contribution in [0.5, 0.6) is 0 Å². The highest BCUT2D eigenvalue weighted by molar-refractivity contribution is 9.10. The third kappa shape index (κ3) is 5.38. The number of hydrogen-bond donors (Lipinski definition) is 1. The quantitative estimate of drug-likeness (QED) is 0.533. The molecule has 1 saturated heterocycles. The van der Waals surface area contributed by atoms with Gasteiger partial charge in [0.1, 0.15) is 5.00 Å². The van der Waals surface area contributed by atoms with Crippen molar-refractivity contribution in [1.29, 1.82) is 0 Å². The fourth-order valence-electron chi connectivity index (χ4n) is 4.49. The van der Waals surface area contributed by atoms with E-state index in [4.69, 9.17) is 4.74 Å². The van der Waals surface area contributed by atoms with Gasteiger partial charge >= 0.3 is 5.97 Å². The fourth-order valence-corrected chi connectivity index (χ4v) is 6.03. The van der Waals surface area contributed by atoms with Crippen LogP contribution in [0.1, 0.15) is 59.0 Å². The number of anilines is 1. The topological polar surface area (TPSA) is 58.6 Å². The lowest BCUT2D eigenvalue weighted by molar-refractivity contribution is -0.121. The van der Waals surface area contributed by atoms with E-state index in [0.717, 1.165) is 68.2 Å². The van der Waals surface area contributed by atoms with E-state index >= 15 is 0 Å². The highest BCUT2D eigenvalue weighted by atomic mass is 79.9. The van der Waals surface area contributed by atoms with Crippen molar-refractivity contribution in [2.75, 3.05) is 25.0 Å². The number of nitrogens with one attached hydrogen (secondary N) is 1. The van der Waals surface area contributed by atoms with Gasteiger partial charge in [-0.3, -0.25) is 9.69 Å². The number of esters is 1. The third-order valence-electron chi connectivity index (χ3n) is 6.17. The molecule has 2 aliphatic rings. The van der Waals surface area contributed by atoms with E-state index in [9.17, 15) is 9.59 Å². The lowest BCUT2D eigenvalue weighted by Gasteiger charge is -2.31. The Bertz CT molecular complexity index is 933. The van der Waals surface area contributed by atoms with Gasteiger partial charge in [-0.05, 0) is 81.8 Å². The van der Waals surface area contributed by atoms with Crippen molar-refractivity contribution < 1.29 is 14.3 Å². The summed E-state index contributed by atoms with van der Waals surface area (Å²) in [5.74, 6) is -0.288. The summed E-state index contributed by atoms with van der Waals surface area (Å²) in [6, 6.07) is 8.41. The molecule has 1 aromatic carbocycles. The number of carbonyl (C=O) groups excluding carboxylic acids is 2. The van der Waals surface area contributed by atoms with Gasteiger partial charge in [0, 0.05) is 21.8 Å². The number of rotatable bonds is 6. The van der Waals surface area contributed by atoms with Gasteiger partial charge in [0.05, 0.1) is 12.2 Å². The highest BCUT2D eigenvalue weighted by Gasteiger charge is 2.30. The zero-order valence-corrected chi connectivity index (χ0v) is 20.3. The van der Waals surface area contributed by atoms with Crippen LogP contribution in [0.15, 0.2) is 28.7 Å². The van der Waals surface area contributed by atoms with Crippen molar-refractivity contribution >= 4 is 44.1 Å². The minimum atomic E-state index is -0.304. The second kappa shape index (κ2) is 10.3. The molecule has 1 aromatic heterocycles. The molecule has 1 amide bonds. The van der Waals surface area contributed by atoms with Gasteiger partial charge in [0.2, 0.25) is 5.91 Å². The molecule has 0 spiro atoms. The molecule has 2 aromatic rings. The number of likely N-dealkylation sites (tertiary alicyclic amines) is 1. The molecular formula is C24H29BrN2O3S. The second-order valence-corrected chi connectivity index (χ2v) is 10.3. The van der Waals surface area contributed by atoms with E-state index < -0.39 is 0 Å². The summed E-state index contributed by atoms with van der Waals surface area (Å²) in [5, 5.41) is 3.79. The predicted octanol–water partition coefficient (Wildman–Crippen LogP) is 5.42. The summed E-state index contributed by atoms with van der Waals surface area (Å²) >= 11 is 5.04. The molecule has 2 heterocycles. The maximum atomic E-state index is 13.0. The molecule has 0 saturated carbocycles. The first-order valence-corrected chi connectivity index (χ1v) is 12.8. The Kier molecular flexibility index (Phi) is 7.46. The Hall–Kier alpha value is -1.70. The predicted molar refractivity (Wildman–Crippen MR) is 128 cm³/mol. The van der Waals surface area contributed by atoms with Gasteiger partial charge in [0.25, 0.3) is 0 Å². The molecule has 166 valence electrons. The molecule has 31 heavy (non-hydrogen) atoms. The number of hydrogen-bond acceptors (Lipinski definition) is 5. The number of carbonyl (C=O) groups is 2. The van der Waals surface area contributed by atoms with Crippen LogP contribution < -0.4 is 5.32 Å². The van der Waals surface area contributed by atoms with Crippen LogP contribution in [0, 0.1) is 5.92 Å². The smallest absolute Gasteiger partial charge is 0.341 e. The van der Waals surface area contributed by atoms with Gasteiger partial charge < -0.3 is 10.1 Å². The first kappa shape index (κ1) is 22.5. The Morgan fingerprint density at radius 1 is 1.16 bits per heavy atom. The largest absolute Gasteiger partial charge is 0.462 e. The number of amides is 1. The van der Waals surface area contributed by atoms with Gasteiger partial charge in [-0.2, -0.15) is 0 Å². The van der Waals surface area contributed by atoms with Crippen LogP contribution in [0.4, 0.5) is 5.00 Å². The molecule has 0 unspecified atom stereocenters. The molecule has 4 rings (SSSR count). The van der Waals surface area contributed by atoms with Crippen molar-refractivity contribution in [3.63, 3.8) is 0 Å². The van der Waals surface area contributed by atoms with Gasteiger partial charge in [-0.15, -0.1) is 11.3 Å². The number of halogens is 1. The molecule has 7 heteroatoms. The molecule has 0 bridgehead atoms. The molecule has 1 aliphatic carbocycles. The minimum Gasteiger partial charge on any atom is -0.462 e. The van der Waals surface area contributed by atoms with Gasteiger partial charge in [0.15, 0.2) is 0 Å². The van der Waals surface area contributed by atoms with E-state index in [0.29, 0.717) is 17.2 Å². The van der Waals surface area contributed by atoms with E-state index in [1.807, 2.05) is 6.92 Å². The van der Waals surface area contributed by atoms with Crippen molar-refractivity contribution in [2.24, 2.45) is 5.92 Å². The number of thiophene rings is 1. The van der Waals surface area contributed by atoms with Crippen LogP contribution in [-0.2, 0) is 28.9 Å². The summed E-state index contributed by atoms with van der Waals surface area (Å²) in [6.07, 6.45) is 5.77. The lowest BCUT2D eigenvalue weighted by atomic mass is 9.94. The Morgan fingerprint density at radius 2 is 1.87 bits per heavy atom. The summed E-state index contributed by atoms with van der Waals surface area (Å²) in [5.41, 5.74) is 2.98. The first-order valence-electron chi connectivity index (χ1n) is 11.1. The van der Waals surface area contributed by atoms with Crippen molar-refractivity contribution in [3.05, 3.63) is 50.3 Å². The number of piperidine rings is 1. The monoisotopic (exact) mass is 504 g/mol. The standard InChI is InChI=1S/C24H29BrN2O3S/c1-2-30-24(29)21-19-5-3-4-6-20(19)31-23(21)26-22(28)17-11-13-27(14-12-17)15-16-7-9-18(25)10-8-16/h7-10,17H,2-6,11-15H2,1H3,(H,26,28). The van der Waals surface area contributed by atoms with Crippen LogP contribution in [0.25, 0.3) is 0 Å². The average Bonchev–Trinajstić information content (AvgIpc) is 3.14. The summed E-state index contributed by atoms with van der Waals surface area (Å²) in [6.45, 7) is 4.87. The van der Waals surface area contributed by atoms with E-state index in [-0.39, 0.29) is 17.8 Å². The maximum absolute atomic E-state index is 13.0. The van der Waals surface area contributed by atoms with Crippen molar-refractivity contribution in [1.82, 2.24) is 4.90 Å².